The first-order valence-electron chi connectivity index (χ1n) is 1.94. The molecule has 0 rings (SSSR count). The monoisotopic (exact) mass is 169 g/mol. The van der Waals surface area contributed by atoms with Crippen LogP contribution >= 0.6 is 35.1 Å². The molecule has 0 spiro atoms. The molecule has 0 fully saturated rings. The molecule has 0 aromatic rings. The molecule has 0 amide bonds. The van der Waals surface area contributed by atoms with Gasteiger partial charge in [0.15, 0.2) is 0 Å². The SMILES string of the molecule is N[C@@H](CS)C(=O)SS. The van der Waals surface area contributed by atoms with E-state index in [4.69, 9.17) is 5.73 Å². The zero-order chi connectivity index (χ0) is 6.57. The second-order valence-corrected chi connectivity index (χ2v) is 2.70. The van der Waals surface area contributed by atoms with Crippen LogP contribution in [0.25, 0.3) is 0 Å². The Kier molecular flexibility index (Phi) is 4.94. The molecule has 0 unspecified atom stereocenters. The van der Waals surface area contributed by atoms with Crippen molar-refractivity contribution in [3.63, 3.8) is 0 Å². The molecule has 0 heterocycles. The van der Waals surface area contributed by atoms with E-state index in [-0.39, 0.29) is 5.12 Å². The highest BCUT2D eigenvalue weighted by molar-refractivity contribution is 8.74. The zero-order valence-electron chi connectivity index (χ0n) is 4.07. The van der Waals surface area contributed by atoms with Crippen molar-refractivity contribution in [1.29, 1.82) is 0 Å². The summed E-state index contributed by atoms with van der Waals surface area (Å²) in [7, 11) is 0.839. The molecular formula is C3H7NOS3. The summed E-state index contributed by atoms with van der Waals surface area (Å²) in [4.78, 5) is 10.5. The second kappa shape index (κ2) is 4.55. The molecule has 1 atom stereocenters. The van der Waals surface area contributed by atoms with Crippen LogP contribution in [0.15, 0.2) is 0 Å². The minimum Gasteiger partial charge on any atom is -0.320 e. The molecule has 0 aromatic heterocycles. The Morgan fingerprint density at radius 3 is 2.50 bits per heavy atom. The lowest BCUT2D eigenvalue weighted by Crippen LogP contribution is -2.29. The summed E-state index contributed by atoms with van der Waals surface area (Å²) in [5.41, 5.74) is 5.23. The number of carbonyl (C=O) groups excluding carboxylic acids is 1. The van der Waals surface area contributed by atoms with Crippen molar-refractivity contribution in [3.05, 3.63) is 0 Å². The van der Waals surface area contributed by atoms with Crippen LogP contribution < -0.4 is 5.73 Å². The van der Waals surface area contributed by atoms with Gasteiger partial charge >= 0.3 is 0 Å². The first-order chi connectivity index (χ1) is 3.72. The third-order valence-electron chi connectivity index (χ3n) is 0.589. The maximum Gasteiger partial charge on any atom is 0.216 e. The Balaban J connectivity index is 3.46. The number of rotatable bonds is 2. The molecule has 2 N–H and O–H groups in total. The average Bonchev–Trinajstić information content (AvgIpc) is 1.84. The van der Waals surface area contributed by atoms with Crippen LogP contribution in [0, 0.1) is 0 Å². The first kappa shape index (κ1) is 8.68. The molecule has 0 aliphatic heterocycles. The van der Waals surface area contributed by atoms with Gasteiger partial charge in [0.05, 0.1) is 6.04 Å². The number of hydrogen-bond acceptors (Lipinski definition) is 5. The molecule has 0 saturated carbocycles. The molecule has 0 radical (unpaired) electrons. The van der Waals surface area contributed by atoms with E-state index < -0.39 is 6.04 Å². The Morgan fingerprint density at radius 1 is 1.88 bits per heavy atom. The predicted molar refractivity (Wildman–Crippen MR) is 43.4 cm³/mol. The lowest BCUT2D eigenvalue weighted by Gasteiger charge is -2.00. The topological polar surface area (TPSA) is 43.1 Å². The van der Waals surface area contributed by atoms with Gasteiger partial charge in [0, 0.05) is 5.75 Å². The van der Waals surface area contributed by atoms with E-state index in [9.17, 15) is 4.79 Å². The second-order valence-electron chi connectivity index (χ2n) is 1.20. The van der Waals surface area contributed by atoms with Crippen molar-refractivity contribution < 1.29 is 4.79 Å². The Morgan fingerprint density at radius 2 is 2.38 bits per heavy atom. The predicted octanol–water partition coefficient (Wildman–Crippen LogP) is 0.348. The molecule has 0 aromatic carbocycles. The molecule has 5 heteroatoms. The minimum absolute atomic E-state index is 0.136. The number of nitrogens with two attached hydrogens (primary N) is 1. The highest BCUT2D eigenvalue weighted by Crippen LogP contribution is 2.08. The molecular weight excluding hydrogens is 162 g/mol. The smallest absolute Gasteiger partial charge is 0.216 e. The number of hydrogen-bond donors (Lipinski definition) is 3. The largest absolute Gasteiger partial charge is 0.320 e. The molecule has 48 valence electrons. The lowest BCUT2D eigenvalue weighted by atomic mass is 10.4. The van der Waals surface area contributed by atoms with E-state index in [1.807, 2.05) is 0 Å². The fraction of sp³-hybridized carbons (Fsp3) is 0.667. The van der Waals surface area contributed by atoms with Crippen LogP contribution in [0.4, 0.5) is 0 Å². The summed E-state index contributed by atoms with van der Waals surface area (Å²) >= 11 is 7.48. The first-order valence-corrected chi connectivity index (χ1v) is 4.44. The van der Waals surface area contributed by atoms with Gasteiger partial charge in [0.25, 0.3) is 0 Å². The maximum atomic E-state index is 10.5. The fourth-order valence-electron chi connectivity index (χ4n) is 0.142. The summed E-state index contributed by atoms with van der Waals surface area (Å²) < 4.78 is 0. The van der Waals surface area contributed by atoms with Crippen molar-refractivity contribution in [2.75, 3.05) is 5.75 Å². The molecule has 2 nitrogen and oxygen atoms in total. The van der Waals surface area contributed by atoms with Gasteiger partial charge in [-0.1, -0.05) is 0 Å². The van der Waals surface area contributed by atoms with Crippen LogP contribution in [0.1, 0.15) is 0 Å². The van der Waals surface area contributed by atoms with Gasteiger partial charge in [0.1, 0.15) is 0 Å². The van der Waals surface area contributed by atoms with Crippen LogP contribution in [-0.4, -0.2) is 16.9 Å². The summed E-state index contributed by atoms with van der Waals surface area (Å²) in [6.07, 6.45) is 0. The average molecular weight is 169 g/mol. The van der Waals surface area contributed by atoms with Gasteiger partial charge < -0.3 is 5.73 Å². The van der Waals surface area contributed by atoms with E-state index in [1.54, 1.807) is 0 Å². The number of thiol groups is 2. The fourth-order valence-corrected chi connectivity index (χ4v) is 1.06. The normalized spacial score (nSPS) is 13.4. The van der Waals surface area contributed by atoms with E-state index in [1.165, 1.54) is 0 Å². The van der Waals surface area contributed by atoms with Crippen molar-refractivity contribution in [2.45, 2.75) is 6.04 Å². The summed E-state index contributed by atoms with van der Waals surface area (Å²) in [6.45, 7) is 0. The molecule has 0 aliphatic carbocycles. The Hall–Kier alpha value is 0.680. The van der Waals surface area contributed by atoms with Crippen molar-refractivity contribution in [2.24, 2.45) is 5.73 Å². The van der Waals surface area contributed by atoms with E-state index in [0.717, 1.165) is 10.8 Å². The Bertz CT molecular complexity index is 86.6. The lowest BCUT2D eigenvalue weighted by molar-refractivity contribution is -0.111. The Labute approximate surface area is 62.8 Å². The third kappa shape index (κ3) is 2.86. The van der Waals surface area contributed by atoms with Crippen molar-refractivity contribution in [3.8, 4) is 0 Å². The van der Waals surface area contributed by atoms with Crippen LogP contribution in [0.3, 0.4) is 0 Å². The molecule has 0 bridgehead atoms. The molecule has 0 aliphatic rings. The van der Waals surface area contributed by atoms with Gasteiger partial charge in [-0.3, -0.25) is 4.79 Å². The van der Waals surface area contributed by atoms with Gasteiger partial charge in [-0.15, -0.1) is 11.7 Å². The third-order valence-corrected chi connectivity index (χ3v) is 2.01. The molecule has 0 saturated heterocycles. The standard InChI is InChI=1S/C3H7NOS3/c4-2(1-6)3(5)8-7/h2,6-7H,1,4H2/t2-/m0/s1. The summed E-state index contributed by atoms with van der Waals surface area (Å²) in [5.74, 6) is 0.381. The van der Waals surface area contributed by atoms with Crippen LogP contribution in [0.2, 0.25) is 0 Å². The quantitative estimate of drug-likeness (QED) is 0.413. The van der Waals surface area contributed by atoms with Gasteiger partial charge in [-0.2, -0.15) is 12.6 Å². The van der Waals surface area contributed by atoms with E-state index >= 15 is 0 Å². The van der Waals surface area contributed by atoms with Gasteiger partial charge in [0.2, 0.25) is 5.12 Å². The van der Waals surface area contributed by atoms with Gasteiger partial charge in [-0.25, -0.2) is 0 Å². The van der Waals surface area contributed by atoms with Gasteiger partial charge in [-0.05, 0) is 10.8 Å². The highest BCUT2D eigenvalue weighted by Gasteiger charge is 2.08. The van der Waals surface area contributed by atoms with E-state index in [0.29, 0.717) is 5.75 Å². The van der Waals surface area contributed by atoms with E-state index in [2.05, 4.69) is 24.3 Å². The van der Waals surface area contributed by atoms with Crippen LogP contribution in [-0.2, 0) is 4.79 Å². The van der Waals surface area contributed by atoms with Crippen molar-refractivity contribution in [1.82, 2.24) is 0 Å². The molecule has 8 heavy (non-hydrogen) atoms. The van der Waals surface area contributed by atoms with Crippen LogP contribution in [0.5, 0.6) is 0 Å². The zero-order valence-corrected chi connectivity index (χ0v) is 6.68. The summed E-state index contributed by atoms with van der Waals surface area (Å²) in [6, 6.07) is -0.471. The minimum atomic E-state index is -0.471. The maximum absolute atomic E-state index is 10.5. The highest BCUT2D eigenvalue weighted by atomic mass is 33.1. The van der Waals surface area contributed by atoms with Crippen molar-refractivity contribution >= 4 is 40.2 Å². The number of carbonyl (C=O) groups is 1. The summed E-state index contributed by atoms with van der Waals surface area (Å²) in [5, 5.41) is -0.136.